The quantitative estimate of drug-likeness (QED) is 0.212. The molecule has 1 saturated carbocycles. The summed E-state index contributed by atoms with van der Waals surface area (Å²) in [5.74, 6) is 0.591. The molecule has 1 aromatic carbocycles. The van der Waals surface area contributed by atoms with Gasteiger partial charge in [-0.2, -0.15) is 0 Å². The Morgan fingerprint density at radius 1 is 1.25 bits per heavy atom. The Kier molecular flexibility index (Phi) is 8.09. The third-order valence-corrected chi connectivity index (χ3v) is 7.45. The minimum Gasteiger partial charge on any atom is -0.493 e. The summed E-state index contributed by atoms with van der Waals surface area (Å²) in [4.78, 5) is 12.8. The van der Waals surface area contributed by atoms with Crippen LogP contribution in [-0.4, -0.2) is 74.6 Å². The third kappa shape index (κ3) is 5.62. The van der Waals surface area contributed by atoms with Crippen LogP contribution in [0.2, 0.25) is 0 Å². The van der Waals surface area contributed by atoms with Gasteiger partial charge in [-0.15, -0.1) is 0 Å². The van der Waals surface area contributed by atoms with Crippen molar-refractivity contribution in [2.75, 3.05) is 34.0 Å². The summed E-state index contributed by atoms with van der Waals surface area (Å²) in [5, 5.41) is 8.96. The summed E-state index contributed by atoms with van der Waals surface area (Å²) in [6.45, 7) is 7.07. The Labute approximate surface area is 213 Å². The minimum absolute atomic E-state index is 0.0168. The van der Waals surface area contributed by atoms with E-state index in [9.17, 15) is 4.79 Å². The number of rotatable bonds is 11. The minimum atomic E-state index is -0.434. The molecule has 1 aliphatic carbocycles. The van der Waals surface area contributed by atoms with Crippen LogP contribution in [0, 0.1) is 5.92 Å². The van der Waals surface area contributed by atoms with Crippen molar-refractivity contribution in [3.63, 3.8) is 0 Å². The Hall–Kier alpha value is -2.39. The van der Waals surface area contributed by atoms with Crippen molar-refractivity contribution in [3.05, 3.63) is 41.5 Å². The van der Waals surface area contributed by atoms with Gasteiger partial charge in [-0.05, 0) is 63.8 Å². The molecule has 198 valence electrons. The fraction of sp³-hybridized carbons (Fsp3) is 0.607. The molecule has 0 unspecified atom stereocenters. The average Bonchev–Trinajstić information content (AvgIpc) is 3.78. The van der Waals surface area contributed by atoms with E-state index in [4.69, 9.17) is 33.5 Å². The monoisotopic (exact) mass is 502 g/mol. The summed E-state index contributed by atoms with van der Waals surface area (Å²) < 4.78 is 34.8. The molecule has 3 fully saturated rings. The van der Waals surface area contributed by atoms with Gasteiger partial charge in [0.25, 0.3) is 0 Å². The van der Waals surface area contributed by atoms with Crippen LogP contribution in [-0.2, 0) is 23.7 Å². The Morgan fingerprint density at radius 3 is 2.67 bits per heavy atom. The molecule has 36 heavy (non-hydrogen) atoms. The van der Waals surface area contributed by atoms with Gasteiger partial charge in [-0.3, -0.25) is 0 Å². The number of hydrogen-bond donors (Lipinski definition) is 1. The molecule has 0 amide bonds. The van der Waals surface area contributed by atoms with Gasteiger partial charge in [0.2, 0.25) is 0 Å². The highest BCUT2D eigenvalue weighted by atomic mass is 16.6. The average molecular weight is 503 g/mol. The van der Waals surface area contributed by atoms with Gasteiger partial charge in [0, 0.05) is 13.2 Å². The van der Waals surface area contributed by atoms with Gasteiger partial charge in [0.05, 0.1) is 32.3 Å². The van der Waals surface area contributed by atoms with Crippen LogP contribution in [0.4, 0.5) is 0 Å². The molecule has 6 atom stereocenters. The van der Waals surface area contributed by atoms with E-state index in [1.807, 2.05) is 0 Å². The number of allylic oxidation sites excluding steroid dienone is 1. The van der Waals surface area contributed by atoms with Crippen molar-refractivity contribution < 1.29 is 38.3 Å². The van der Waals surface area contributed by atoms with Crippen molar-refractivity contribution in [3.8, 4) is 11.5 Å². The number of hydrogen-bond acceptors (Lipinski definition) is 8. The first-order valence-corrected chi connectivity index (χ1v) is 12.5. The lowest BCUT2D eigenvalue weighted by molar-refractivity contribution is -0.166. The first-order valence-electron chi connectivity index (χ1n) is 12.5. The molecule has 0 radical (unpaired) electrons. The van der Waals surface area contributed by atoms with Crippen LogP contribution in [0.1, 0.15) is 45.6 Å². The molecular formula is C28H38O8. The number of ether oxygens (including phenoxy) is 6. The molecule has 0 aromatic heterocycles. The fourth-order valence-electron chi connectivity index (χ4n) is 5.49. The van der Waals surface area contributed by atoms with Crippen molar-refractivity contribution in [1.29, 1.82) is 0 Å². The summed E-state index contributed by atoms with van der Waals surface area (Å²) in [6.07, 6.45) is 7.01. The Bertz CT molecular complexity index is 993. The molecule has 4 rings (SSSR count). The number of carbonyl (C=O) groups excluding carboxylic acids is 1. The Morgan fingerprint density at radius 2 is 2.03 bits per heavy atom. The largest absolute Gasteiger partial charge is 0.493 e. The van der Waals surface area contributed by atoms with Crippen LogP contribution >= 0.6 is 0 Å². The molecule has 3 aliphatic rings. The number of aliphatic hydroxyl groups excluding tert-OH is 1. The highest BCUT2D eigenvalue weighted by Crippen LogP contribution is 2.59. The lowest BCUT2D eigenvalue weighted by Crippen LogP contribution is -2.55. The van der Waals surface area contributed by atoms with Crippen LogP contribution in [0.25, 0.3) is 6.08 Å². The van der Waals surface area contributed by atoms with Crippen LogP contribution in [0.5, 0.6) is 11.5 Å². The van der Waals surface area contributed by atoms with Crippen molar-refractivity contribution in [1.82, 2.24) is 0 Å². The normalized spacial score (nSPS) is 32.8. The molecule has 0 bridgehead atoms. The van der Waals surface area contributed by atoms with E-state index in [0.717, 1.165) is 18.4 Å². The van der Waals surface area contributed by atoms with E-state index < -0.39 is 5.97 Å². The Balaban J connectivity index is 1.42. The molecule has 1 aromatic rings. The molecule has 1 N–H and O–H groups in total. The van der Waals surface area contributed by atoms with Gasteiger partial charge in [-0.1, -0.05) is 17.7 Å². The molecular weight excluding hydrogens is 464 g/mol. The maximum absolute atomic E-state index is 12.8. The number of benzene rings is 1. The van der Waals surface area contributed by atoms with Gasteiger partial charge >= 0.3 is 5.97 Å². The maximum Gasteiger partial charge on any atom is 0.331 e. The molecule has 8 nitrogen and oxygen atoms in total. The lowest BCUT2D eigenvalue weighted by atomic mass is 9.68. The zero-order valence-corrected chi connectivity index (χ0v) is 21.8. The molecule has 2 aliphatic heterocycles. The van der Waals surface area contributed by atoms with Crippen LogP contribution in [0.3, 0.4) is 0 Å². The summed E-state index contributed by atoms with van der Waals surface area (Å²) in [6, 6.07) is 5.31. The van der Waals surface area contributed by atoms with Crippen LogP contribution < -0.4 is 9.47 Å². The smallest absolute Gasteiger partial charge is 0.331 e. The number of methoxy groups -OCH3 is 2. The van der Waals surface area contributed by atoms with E-state index in [1.54, 1.807) is 31.4 Å². The number of aliphatic hydroxyl groups is 1. The highest BCUT2D eigenvalue weighted by Gasteiger charge is 2.72. The standard InChI is InChI=1S/C28H38O8/c1-18(2)6-10-23-27(3,36-23)26-25(32-5)21(12-13-28(26)17-34-28)35-24(30)11-8-19-7-9-20(33-15-14-29)22(16-19)31-4/h6-9,11,16,21,23,25-26,29H,10,12-15,17H2,1-5H3/b11-8+/t21-,23-,25-,26-,27+,28+/m1/s1. The predicted molar refractivity (Wildman–Crippen MR) is 134 cm³/mol. The van der Waals surface area contributed by atoms with Gasteiger partial charge in [-0.25, -0.2) is 4.79 Å². The third-order valence-electron chi connectivity index (χ3n) is 7.45. The summed E-state index contributed by atoms with van der Waals surface area (Å²) >= 11 is 0. The topological polar surface area (TPSA) is 99.3 Å². The molecule has 2 saturated heterocycles. The zero-order chi connectivity index (χ0) is 25.9. The lowest BCUT2D eigenvalue weighted by Gasteiger charge is -2.42. The fourth-order valence-corrected chi connectivity index (χ4v) is 5.49. The zero-order valence-electron chi connectivity index (χ0n) is 21.8. The number of carbonyl (C=O) groups is 1. The molecule has 2 heterocycles. The second kappa shape index (κ2) is 10.9. The summed E-state index contributed by atoms with van der Waals surface area (Å²) in [7, 11) is 3.21. The van der Waals surface area contributed by atoms with Gasteiger partial charge in [0.15, 0.2) is 11.5 Å². The van der Waals surface area contributed by atoms with E-state index in [2.05, 4.69) is 26.8 Å². The van der Waals surface area contributed by atoms with Gasteiger partial charge in [0.1, 0.15) is 30.0 Å². The van der Waals surface area contributed by atoms with Crippen molar-refractivity contribution in [2.24, 2.45) is 5.92 Å². The second-order valence-corrected chi connectivity index (χ2v) is 10.2. The van der Waals surface area contributed by atoms with Crippen molar-refractivity contribution in [2.45, 2.75) is 69.5 Å². The summed E-state index contributed by atoms with van der Waals surface area (Å²) in [5.41, 5.74) is 1.39. The van der Waals surface area contributed by atoms with E-state index >= 15 is 0 Å². The van der Waals surface area contributed by atoms with E-state index in [-0.39, 0.29) is 48.6 Å². The maximum atomic E-state index is 12.8. The molecule has 8 heteroatoms. The van der Waals surface area contributed by atoms with E-state index in [0.29, 0.717) is 24.5 Å². The first-order chi connectivity index (χ1) is 17.3. The highest BCUT2D eigenvalue weighted by molar-refractivity contribution is 5.87. The number of epoxide rings is 2. The molecule has 1 spiro atoms. The van der Waals surface area contributed by atoms with Gasteiger partial charge < -0.3 is 33.5 Å². The van der Waals surface area contributed by atoms with Crippen LogP contribution in [0.15, 0.2) is 35.9 Å². The van der Waals surface area contributed by atoms with Crippen molar-refractivity contribution >= 4 is 12.0 Å². The SMILES string of the molecule is COc1cc(/C=C/C(=O)O[C@@H]2CC[C@]3(CO3)[C@@H]([C@@]3(C)O[C@@H]3CC=C(C)C)[C@@H]2OC)ccc1OCCO. The van der Waals surface area contributed by atoms with E-state index in [1.165, 1.54) is 18.8 Å². The second-order valence-electron chi connectivity index (χ2n) is 10.2. The predicted octanol–water partition coefficient (Wildman–Crippen LogP) is 3.70. The number of esters is 1. The first kappa shape index (κ1) is 26.7.